The van der Waals surface area contributed by atoms with Gasteiger partial charge in [-0.15, -0.1) is 0 Å². The van der Waals surface area contributed by atoms with Gasteiger partial charge >= 0.3 is 4.87 Å². The Morgan fingerprint density at radius 2 is 2.00 bits per heavy atom. The summed E-state index contributed by atoms with van der Waals surface area (Å²) in [5.74, 6) is -0.1000. The van der Waals surface area contributed by atoms with E-state index in [0.29, 0.717) is 11.3 Å². The van der Waals surface area contributed by atoms with Crippen LogP contribution in [0.2, 0.25) is 0 Å². The minimum Gasteiger partial charge on any atom is -0.312 e. The first-order valence-electron chi connectivity index (χ1n) is 5.07. The Morgan fingerprint density at radius 1 is 1.31 bits per heavy atom. The number of hydrogen-bond acceptors (Lipinski definition) is 2. The first kappa shape index (κ1) is 11.1. The van der Waals surface area contributed by atoms with Crippen LogP contribution in [-0.2, 0) is 0 Å². The molecule has 0 saturated carbocycles. The minimum atomic E-state index is -0.307. The van der Waals surface area contributed by atoms with Crippen molar-refractivity contribution in [2.75, 3.05) is 0 Å². The van der Waals surface area contributed by atoms with E-state index < -0.39 is 0 Å². The second-order valence-corrected chi connectivity index (χ2v) is 4.90. The lowest BCUT2D eigenvalue weighted by atomic mass is 10.1. The topological polar surface area (TPSA) is 32.9 Å². The van der Waals surface area contributed by atoms with Gasteiger partial charge in [0.1, 0.15) is 5.82 Å². The van der Waals surface area contributed by atoms with Crippen LogP contribution in [0.15, 0.2) is 29.1 Å². The monoisotopic (exact) mass is 237 g/mol. The molecule has 1 aromatic heterocycles. The van der Waals surface area contributed by atoms with Gasteiger partial charge < -0.3 is 4.98 Å². The zero-order valence-corrected chi connectivity index (χ0v) is 9.90. The maximum absolute atomic E-state index is 13.6. The van der Waals surface area contributed by atoms with Crippen molar-refractivity contribution in [2.45, 2.75) is 19.8 Å². The lowest BCUT2D eigenvalue weighted by Crippen LogP contribution is -1.94. The van der Waals surface area contributed by atoms with Crippen molar-refractivity contribution in [1.82, 2.24) is 4.98 Å². The van der Waals surface area contributed by atoms with Gasteiger partial charge in [-0.3, -0.25) is 4.79 Å². The van der Waals surface area contributed by atoms with Gasteiger partial charge in [0.25, 0.3) is 0 Å². The molecular formula is C12H12FNOS. The molecule has 0 atom stereocenters. The van der Waals surface area contributed by atoms with Crippen molar-refractivity contribution in [2.24, 2.45) is 0 Å². The van der Waals surface area contributed by atoms with Crippen molar-refractivity contribution < 1.29 is 4.39 Å². The Balaban J connectivity index is 2.64. The molecule has 2 aromatic rings. The highest BCUT2D eigenvalue weighted by molar-refractivity contribution is 7.09. The molecule has 0 amide bonds. The Hall–Kier alpha value is -1.42. The largest absolute Gasteiger partial charge is 0.312 e. The third kappa shape index (κ3) is 1.93. The number of hydrogen-bond donors (Lipinski definition) is 1. The normalized spacial score (nSPS) is 11.0. The summed E-state index contributed by atoms with van der Waals surface area (Å²) in [5, 5.41) is 0. The first-order valence-corrected chi connectivity index (χ1v) is 5.89. The molecule has 2 nitrogen and oxygen atoms in total. The fraction of sp³-hybridized carbons (Fsp3) is 0.250. The number of H-pyrrole nitrogens is 1. The summed E-state index contributed by atoms with van der Waals surface area (Å²) in [4.78, 5) is 14.8. The molecule has 16 heavy (non-hydrogen) atoms. The Kier molecular flexibility index (Phi) is 2.92. The molecule has 1 N–H and O–H groups in total. The number of halogens is 1. The third-order valence-electron chi connectivity index (χ3n) is 2.34. The van der Waals surface area contributed by atoms with E-state index in [1.807, 2.05) is 13.8 Å². The van der Waals surface area contributed by atoms with Crippen LogP contribution in [0.5, 0.6) is 0 Å². The molecule has 0 spiro atoms. The SMILES string of the molecule is CC(C)c1sc(=O)[nH]c1-c1ccccc1F. The van der Waals surface area contributed by atoms with Crippen LogP contribution in [0, 0.1) is 5.82 Å². The van der Waals surface area contributed by atoms with Crippen molar-refractivity contribution in [1.29, 1.82) is 0 Å². The summed E-state index contributed by atoms with van der Waals surface area (Å²) in [6.07, 6.45) is 0. The lowest BCUT2D eigenvalue weighted by Gasteiger charge is -2.06. The van der Waals surface area contributed by atoms with Gasteiger partial charge in [-0.05, 0) is 18.1 Å². The van der Waals surface area contributed by atoms with Crippen LogP contribution >= 0.6 is 11.3 Å². The second-order valence-electron chi connectivity index (χ2n) is 3.89. The highest BCUT2D eigenvalue weighted by atomic mass is 32.1. The summed E-state index contributed by atoms with van der Waals surface area (Å²) in [6, 6.07) is 6.48. The third-order valence-corrected chi connectivity index (χ3v) is 3.53. The van der Waals surface area contributed by atoms with Crippen molar-refractivity contribution >= 4 is 11.3 Å². The number of aromatic amines is 1. The molecule has 0 aliphatic rings. The number of thiazole rings is 1. The molecular weight excluding hydrogens is 225 g/mol. The molecule has 2 rings (SSSR count). The summed E-state index contributed by atoms with van der Waals surface area (Å²) in [5.41, 5.74) is 1.08. The lowest BCUT2D eigenvalue weighted by molar-refractivity contribution is 0.630. The number of rotatable bonds is 2. The van der Waals surface area contributed by atoms with Gasteiger partial charge in [0.2, 0.25) is 0 Å². The summed E-state index contributed by atoms with van der Waals surface area (Å²) in [6.45, 7) is 3.98. The van der Waals surface area contributed by atoms with Gasteiger partial charge in [-0.25, -0.2) is 4.39 Å². The maximum atomic E-state index is 13.6. The standard InChI is InChI=1S/C12H12FNOS/c1-7(2)11-10(14-12(15)16-11)8-5-3-4-6-9(8)13/h3-7H,1-2H3,(H,14,15). The minimum absolute atomic E-state index is 0.137. The van der Waals surface area contributed by atoms with Gasteiger partial charge in [0.05, 0.1) is 5.69 Å². The highest BCUT2D eigenvalue weighted by Gasteiger charge is 2.15. The molecule has 0 saturated heterocycles. The molecule has 1 aromatic carbocycles. The van der Waals surface area contributed by atoms with Gasteiger partial charge in [-0.2, -0.15) is 0 Å². The zero-order valence-electron chi connectivity index (χ0n) is 9.08. The van der Waals surface area contributed by atoms with E-state index in [1.165, 1.54) is 6.07 Å². The van der Waals surface area contributed by atoms with Crippen LogP contribution in [0.25, 0.3) is 11.3 Å². The average Bonchev–Trinajstić information content (AvgIpc) is 2.61. The number of benzene rings is 1. The van der Waals surface area contributed by atoms with E-state index in [0.717, 1.165) is 16.2 Å². The fourth-order valence-electron chi connectivity index (χ4n) is 1.61. The quantitative estimate of drug-likeness (QED) is 0.853. The molecule has 0 fully saturated rings. The van der Waals surface area contributed by atoms with E-state index in [9.17, 15) is 9.18 Å². The van der Waals surface area contributed by atoms with E-state index in [-0.39, 0.29) is 16.6 Å². The van der Waals surface area contributed by atoms with Gasteiger partial charge in [0, 0.05) is 10.4 Å². The average molecular weight is 237 g/mol. The number of nitrogens with one attached hydrogen (secondary N) is 1. The fourth-order valence-corrected chi connectivity index (χ4v) is 2.46. The van der Waals surface area contributed by atoms with Crippen LogP contribution in [0.1, 0.15) is 24.6 Å². The van der Waals surface area contributed by atoms with Crippen molar-refractivity contribution in [3.63, 3.8) is 0 Å². The van der Waals surface area contributed by atoms with E-state index in [2.05, 4.69) is 4.98 Å². The molecule has 0 aliphatic heterocycles. The zero-order chi connectivity index (χ0) is 11.7. The number of aromatic nitrogens is 1. The Labute approximate surface area is 96.8 Å². The molecule has 0 unspecified atom stereocenters. The predicted molar refractivity (Wildman–Crippen MR) is 64.4 cm³/mol. The van der Waals surface area contributed by atoms with E-state index >= 15 is 0 Å². The molecule has 4 heteroatoms. The van der Waals surface area contributed by atoms with E-state index in [1.54, 1.807) is 18.2 Å². The van der Waals surface area contributed by atoms with Crippen LogP contribution in [0.3, 0.4) is 0 Å². The Morgan fingerprint density at radius 3 is 2.62 bits per heavy atom. The highest BCUT2D eigenvalue weighted by Crippen LogP contribution is 2.30. The summed E-state index contributed by atoms with van der Waals surface area (Å²) < 4.78 is 13.6. The van der Waals surface area contributed by atoms with Gasteiger partial charge in [-0.1, -0.05) is 37.3 Å². The molecule has 84 valence electrons. The van der Waals surface area contributed by atoms with Crippen LogP contribution < -0.4 is 4.87 Å². The molecule has 1 heterocycles. The smallest absolute Gasteiger partial charge is 0.305 e. The summed E-state index contributed by atoms with van der Waals surface area (Å²) >= 11 is 1.15. The predicted octanol–water partition coefficient (Wildman–Crippen LogP) is 3.37. The summed E-state index contributed by atoms with van der Waals surface area (Å²) in [7, 11) is 0. The molecule has 0 radical (unpaired) electrons. The Bertz CT molecular complexity index is 556. The van der Waals surface area contributed by atoms with Crippen molar-refractivity contribution in [3.05, 3.63) is 44.6 Å². The second kappa shape index (κ2) is 4.22. The molecule has 0 bridgehead atoms. The maximum Gasteiger partial charge on any atom is 0.305 e. The first-order chi connectivity index (χ1) is 7.59. The van der Waals surface area contributed by atoms with E-state index in [4.69, 9.17) is 0 Å². The van der Waals surface area contributed by atoms with Crippen LogP contribution in [0.4, 0.5) is 4.39 Å². The van der Waals surface area contributed by atoms with Crippen LogP contribution in [-0.4, -0.2) is 4.98 Å². The van der Waals surface area contributed by atoms with Crippen molar-refractivity contribution in [3.8, 4) is 11.3 Å². The molecule has 0 aliphatic carbocycles. The van der Waals surface area contributed by atoms with Gasteiger partial charge in [0.15, 0.2) is 0 Å².